The lowest BCUT2D eigenvalue weighted by Gasteiger charge is -2.14. The summed E-state index contributed by atoms with van der Waals surface area (Å²) in [4.78, 5) is 0. The van der Waals surface area contributed by atoms with E-state index in [1.165, 1.54) is 11.1 Å². The number of aromatic hydroxyl groups is 2. The summed E-state index contributed by atoms with van der Waals surface area (Å²) in [7, 11) is 0. The fraction of sp³-hybridized carbons (Fsp3) is 0.333. The fourth-order valence-corrected chi connectivity index (χ4v) is 2.81. The summed E-state index contributed by atoms with van der Waals surface area (Å²) in [5.41, 5.74) is 5.20. The van der Waals surface area contributed by atoms with Gasteiger partial charge in [-0.2, -0.15) is 0 Å². The molecular formula is C18H22O2. The van der Waals surface area contributed by atoms with Crippen LogP contribution >= 0.6 is 0 Å². The number of rotatable bonds is 4. The van der Waals surface area contributed by atoms with E-state index in [1.54, 1.807) is 12.1 Å². The van der Waals surface area contributed by atoms with Crippen LogP contribution in [0.5, 0.6) is 11.5 Å². The van der Waals surface area contributed by atoms with Crippen LogP contribution in [0, 0.1) is 0 Å². The van der Waals surface area contributed by atoms with Crippen molar-refractivity contribution in [1.82, 2.24) is 0 Å². The van der Waals surface area contributed by atoms with E-state index >= 15 is 0 Å². The third kappa shape index (κ3) is 2.51. The van der Waals surface area contributed by atoms with E-state index < -0.39 is 0 Å². The van der Waals surface area contributed by atoms with Gasteiger partial charge in [-0.1, -0.05) is 39.0 Å². The highest BCUT2D eigenvalue weighted by atomic mass is 16.3. The molecule has 0 atom stereocenters. The first-order valence-corrected chi connectivity index (χ1v) is 7.28. The average Bonchev–Trinajstić information content (AvgIpc) is 2.45. The van der Waals surface area contributed by atoms with E-state index in [9.17, 15) is 10.2 Å². The van der Waals surface area contributed by atoms with E-state index in [2.05, 4.69) is 26.0 Å². The van der Waals surface area contributed by atoms with Crippen molar-refractivity contribution < 1.29 is 10.2 Å². The molecule has 2 aromatic rings. The standard InChI is InChI=1S/C18H22O2/c1-4-12-8-7-9-16(14(12)5-2)13-10-17(19)15(6-3)18(20)11-13/h7-11,19-20H,4-6H2,1-3H3. The highest BCUT2D eigenvalue weighted by molar-refractivity contribution is 5.72. The van der Waals surface area contributed by atoms with Crippen molar-refractivity contribution in [2.45, 2.75) is 40.0 Å². The lowest BCUT2D eigenvalue weighted by molar-refractivity contribution is 0.440. The van der Waals surface area contributed by atoms with Crippen molar-refractivity contribution in [2.24, 2.45) is 0 Å². The van der Waals surface area contributed by atoms with Crippen LogP contribution in [0.3, 0.4) is 0 Å². The molecule has 0 spiro atoms. The van der Waals surface area contributed by atoms with Crippen LogP contribution in [-0.2, 0) is 19.3 Å². The number of hydrogen-bond donors (Lipinski definition) is 2. The van der Waals surface area contributed by atoms with Crippen LogP contribution in [0.4, 0.5) is 0 Å². The normalized spacial score (nSPS) is 10.8. The monoisotopic (exact) mass is 270 g/mol. The molecule has 2 N–H and O–H groups in total. The SMILES string of the molecule is CCc1cccc(-c2cc(O)c(CC)c(O)c2)c1CC. The molecule has 0 aliphatic rings. The van der Waals surface area contributed by atoms with Crippen molar-refractivity contribution in [2.75, 3.05) is 0 Å². The molecule has 2 rings (SSSR count). The summed E-state index contributed by atoms with van der Waals surface area (Å²) in [5, 5.41) is 20.1. The fourth-order valence-electron chi connectivity index (χ4n) is 2.81. The van der Waals surface area contributed by atoms with Crippen LogP contribution in [0.25, 0.3) is 11.1 Å². The summed E-state index contributed by atoms with van der Waals surface area (Å²) < 4.78 is 0. The molecule has 0 radical (unpaired) electrons. The second-order valence-corrected chi connectivity index (χ2v) is 5.00. The van der Waals surface area contributed by atoms with Crippen molar-refractivity contribution in [1.29, 1.82) is 0 Å². The number of phenols is 2. The maximum Gasteiger partial charge on any atom is 0.123 e. The predicted octanol–water partition coefficient (Wildman–Crippen LogP) is 4.45. The van der Waals surface area contributed by atoms with Crippen molar-refractivity contribution in [3.05, 3.63) is 47.0 Å². The third-order valence-electron chi connectivity index (χ3n) is 3.87. The van der Waals surface area contributed by atoms with Gasteiger partial charge < -0.3 is 10.2 Å². The zero-order valence-electron chi connectivity index (χ0n) is 12.4. The van der Waals surface area contributed by atoms with E-state index in [0.717, 1.165) is 24.0 Å². The molecule has 0 aliphatic carbocycles. The minimum Gasteiger partial charge on any atom is -0.508 e. The van der Waals surface area contributed by atoms with Crippen LogP contribution in [0.2, 0.25) is 0 Å². The van der Waals surface area contributed by atoms with Crippen molar-refractivity contribution in [3.8, 4) is 22.6 Å². The number of aryl methyl sites for hydroxylation is 1. The van der Waals surface area contributed by atoms with Gasteiger partial charge in [-0.3, -0.25) is 0 Å². The predicted molar refractivity (Wildman–Crippen MR) is 83.3 cm³/mol. The maximum absolute atomic E-state index is 10.1. The first-order chi connectivity index (χ1) is 9.62. The van der Waals surface area contributed by atoms with Crippen LogP contribution in [0.1, 0.15) is 37.5 Å². The Morgan fingerprint density at radius 3 is 1.90 bits per heavy atom. The summed E-state index contributed by atoms with van der Waals surface area (Å²) in [6.07, 6.45) is 2.55. The molecule has 0 fully saturated rings. The number of hydrogen-bond acceptors (Lipinski definition) is 2. The van der Waals surface area contributed by atoms with Crippen molar-refractivity contribution >= 4 is 0 Å². The van der Waals surface area contributed by atoms with Gasteiger partial charge in [0.25, 0.3) is 0 Å². The average molecular weight is 270 g/mol. The smallest absolute Gasteiger partial charge is 0.123 e. The van der Waals surface area contributed by atoms with Gasteiger partial charge >= 0.3 is 0 Å². The van der Waals surface area contributed by atoms with Gasteiger partial charge in [0.1, 0.15) is 11.5 Å². The Balaban J connectivity index is 2.63. The van der Waals surface area contributed by atoms with Crippen molar-refractivity contribution in [3.63, 3.8) is 0 Å². The quantitative estimate of drug-likeness (QED) is 0.861. The molecule has 0 aromatic heterocycles. The lowest BCUT2D eigenvalue weighted by Crippen LogP contribution is -1.95. The molecule has 0 bridgehead atoms. The number of phenolic OH excluding ortho intramolecular Hbond substituents is 2. The highest BCUT2D eigenvalue weighted by Gasteiger charge is 2.12. The van der Waals surface area contributed by atoms with Crippen LogP contribution in [0.15, 0.2) is 30.3 Å². The Labute approximate surface area is 120 Å². The molecule has 2 aromatic carbocycles. The van der Waals surface area contributed by atoms with Gasteiger partial charge in [0.05, 0.1) is 0 Å². The Morgan fingerprint density at radius 1 is 0.800 bits per heavy atom. The van der Waals surface area contributed by atoms with Gasteiger partial charge in [-0.05, 0) is 53.6 Å². The molecule has 2 heteroatoms. The van der Waals surface area contributed by atoms with E-state index in [-0.39, 0.29) is 11.5 Å². The third-order valence-corrected chi connectivity index (χ3v) is 3.87. The molecule has 2 nitrogen and oxygen atoms in total. The Morgan fingerprint density at radius 2 is 1.40 bits per heavy atom. The maximum atomic E-state index is 10.1. The van der Waals surface area contributed by atoms with Gasteiger partial charge in [0, 0.05) is 5.56 Å². The molecule has 20 heavy (non-hydrogen) atoms. The van der Waals surface area contributed by atoms with Gasteiger partial charge in [0.15, 0.2) is 0 Å². The molecule has 0 heterocycles. The second kappa shape index (κ2) is 6.00. The number of benzene rings is 2. The highest BCUT2D eigenvalue weighted by Crippen LogP contribution is 2.36. The summed E-state index contributed by atoms with van der Waals surface area (Å²) >= 11 is 0. The van der Waals surface area contributed by atoms with Gasteiger partial charge in [0.2, 0.25) is 0 Å². The molecule has 0 aliphatic heterocycles. The molecule has 0 saturated heterocycles. The largest absolute Gasteiger partial charge is 0.508 e. The topological polar surface area (TPSA) is 40.5 Å². The van der Waals surface area contributed by atoms with E-state index in [0.29, 0.717) is 12.0 Å². The molecule has 0 unspecified atom stereocenters. The summed E-state index contributed by atoms with van der Waals surface area (Å²) in [6, 6.07) is 9.74. The van der Waals surface area contributed by atoms with Crippen LogP contribution in [-0.4, -0.2) is 10.2 Å². The first-order valence-electron chi connectivity index (χ1n) is 7.28. The minimum atomic E-state index is 0.173. The van der Waals surface area contributed by atoms with Gasteiger partial charge in [-0.15, -0.1) is 0 Å². The zero-order valence-corrected chi connectivity index (χ0v) is 12.4. The van der Waals surface area contributed by atoms with Gasteiger partial charge in [-0.25, -0.2) is 0 Å². The van der Waals surface area contributed by atoms with E-state index in [4.69, 9.17) is 0 Å². The lowest BCUT2D eigenvalue weighted by atomic mass is 9.91. The molecule has 0 amide bonds. The Bertz CT molecular complexity index is 592. The Hall–Kier alpha value is -1.96. The molecular weight excluding hydrogens is 248 g/mol. The zero-order chi connectivity index (χ0) is 14.7. The molecule has 106 valence electrons. The van der Waals surface area contributed by atoms with Crippen LogP contribution < -0.4 is 0 Å². The summed E-state index contributed by atoms with van der Waals surface area (Å²) in [5.74, 6) is 0.345. The van der Waals surface area contributed by atoms with E-state index in [1.807, 2.05) is 13.0 Å². The minimum absolute atomic E-state index is 0.173. The molecule has 0 saturated carbocycles. The first kappa shape index (κ1) is 14.4. The second-order valence-electron chi connectivity index (χ2n) is 5.00. The Kier molecular flexibility index (Phi) is 4.33. The summed E-state index contributed by atoms with van der Waals surface area (Å²) in [6.45, 7) is 6.20.